The molecule has 0 unspecified atom stereocenters. The van der Waals surface area contributed by atoms with Crippen molar-refractivity contribution in [3.8, 4) is 0 Å². The van der Waals surface area contributed by atoms with Crippen molar-refractivity contribution in [3.63, 3.8) is 0 Å². The maximum Gasteiger partial charge on any atom is 0.00684 e. The molecule has 2 aromatic rings. The molecule has 100 valence electrons. The third-order valence-electron chi connectivity index (χ3n) is 4.00. The Balaban J connectivity index is 1.79. The fraction of sp³-hybridized carbons (Fsp3) is 0.444. The molecule has 0 radical (unpaired) electrons. The minimum absolute atomic E-state index is 0.312. The summed E-state index contributed by atoms with van der Waals surface area (Å²) in [4.78, 5) is 0. The van der Waals surface area contributed by atoms with Gasteiger partial charge >= 0.3 is 0 Å². The van der Waals surface area contributed by atoms with Crippen molar-refractivity contribution in [2.45, 2.75) is 39.2 Å². The Kier molecular flexibility index (Phi) is 3.32. The van der Waals surface area contributed by atoms with Crippen molar-refractivity contribution < 1.29 is 0 Å². The molecule has 1 aliphatic carbocycles. The van der Waals surface area contributed by atoms with Gasteiger partial charge in [-0.3, -0.25) is 0 Å². The molecule has 0 aliphatic heterocycles. The van der Waals surface area contributed by atoms with Crippen LogP contribution in [0.3, 0.4) is 0 Å². The van der Waals surface area contributed by atoms with E-state index in [2.05, 4.69) is 61.6 Å². The van der Waals surface area contributed by atoms with Gasteiger partial charge in [0, 0.05) is 12.6 Å². The largest absolute Gasteiger partial charge is 0.313 e. The van der Waals surface area contributed by atoms with Gasteiger partial charge in [-0.15, -0.1) is 0 Å². The van der Waals surface area contributed by atoms with Crippen LogP contribution < -0.4 is 5.32 Å². The molecule has 0 aromatic heterocycles. The molecule has 1 saturated carbocycles. The summed E-state index contributed by atoms with van der Waals surface area (Å²) in [6.45, 7) is 5.84. The van der Waals surface area contributed by atoms with Gasteiger partial charge in [0.1, 0.15) is 0 Å². The van der Waals surface area contributed by atoms with E-state index < -0.39 is 0 Å². The Morgan fingerprint density at radius 3 is 2.58 bits per heavy atom. The summed E-state index contributed by atoms with van der Waals surface area (Å²) in [5.74, 6) is 0. The minimum atomic E-state index is 0.312. The summed E-state index contributed by atoms with van der Waals surface area (Å²) in [7, 11) is 0. The molecule has 0 spiro atoms. The van der Waals surface area contributed by atoms with Gasteiger partial charge in [-0.25, -0.2) is 0 Å². The average Bonchev–Trinajstić information content (AvgIpc) is 3.21. The second kappa shape index (κ2) is 4.97. The van der Waals surface area contributed by atoms with Crippen molar-refractivity contribution in [1.29, 1.82) is 0 Å². The average molecular weight is 253 g/mol. The quantitative estimate of drug-likeness (QED) is 0.843. The van der Waals surface area contributed by atoms with Crippen molar-refractivity contribution >= 4 is 10.8 Å². The fourth-order valence-electron chi connectivity index (χ4n) is 2.73. The van der Waals surface area contributed by atoms with Gasteiger partial charge in [-0.1, -0.05) is 56.3 Å². The van der Waals surface area contributed by atoms with E-state index in [1.165, 1.54) is 29.2 Å². The smallest absolute Gasteiger partial charge is 0.00684 e. The van der Waals surface area contributed by atoms with E-state index >= 15 is 0 Å². The molecule has 1 aliphatic rings. The SMILES string of the molecule is CC(C)(CNC1CC1)Cc1cccc2ccccc12. The monoisotopic (exact) mass is 253 g/mol. The molecule has 19 heavy (non-hydrogen) atoms. The van der Waals surface area contributed by atoms with E-state index in [1.54, 1.807) is 0 Å². The Bertz CT molecular complexity index is 561. The minimum Gasteiger partial charge on any atom is -0.313 e. The topological polar surface area (TPSA) is 12.0 Å². The van der Waals surface area contributed by atoms with E-state index in [9.17, 15) is 0 Å². The normalized spacial score (nSPS) is 15.9. The molecule has 1 nitrogen and oxygen atoms in total. The summed E-state index contributed by atoms with van der Waals surface area (Å²) >= 11 is 0. The molecular formula is C18H23N. The lowest BCUT2D eigenvalue weighted by Gasteiger charge is -2.26. The summed E-state index contributed by atoms with van der Waals surface area (Å²) in [5.41, 5.74) is 1.79. The molecule has 3 rings (SSSR count). The highest BCUT2D eigenvalue weighted by Gasteiger charge is 2.25. The first-order valence-electron chi connectivity index (χ1n) is 7.34. The summed E-state index contributed by atoms with van der Waals surface area (Å²) in [6.07, 6.45) is 3.86. The summed E-state index contributed by atoms with van der Waals surface area (Å²) in [6, 6.07) is 16.2. The molecule has 0 amide bonds. The van der Waals surface area contributed by atoms with Gasteiger partial charge in [0.25, 0.3) is 0 Å². The highest BCUT2D eigenvalue weighted by molar-refractivity contribution is 5.85. The van der Waals surface area contributed by atoms with E-state index in [0.29, 0.717) is 5.41 Å². The molecule has 0 atom stereocenters. The van der Waals surface area contributed by atoms with Crippen molar-refractivity contribution in [2.75, 3.05) is 6.54 Å². The predicted octanol–water partition coefficient (Wildman–Crippen LogP) is 4.16. The van der Waals surface area contributed by atoms with Gasteiger partial charge in [0.15, 0.2) is 0 Å². The third-order valence-corrected chi connectivity index (χ3v) is 4.00. The van der Waals surface area contributed by atoms with Crippen LogP contribution in [0.15, 0.2) is 42.5 Å². The van der Waals surface area contributed by atoms with Gasteiger partial charge in [0.2, 0.25) is 0 Å². The summed E-state index contributed by atoms with van der Waals surface area (Å²) in [5, 5.41) is 6.42. The van der Waals surface area contributed by atoms with E-state index in [1.807, 2.05) is 0 Å². The molecule has 2 aromatic carbocycles. The van der Waals surface area contributed by atoms with Crippen LogP contribution in [-0.2, 0) is 6.42 Å². The number of hydrogen-bond donors (Lipinski definition) is 1. The molecule has 0 bridgehead atoms. The zero-order chi connectivity index (χ0) is 13.3. The van der Waals surface area contributed by atoms with Crippen LogP contribution in [0.5, 0.6) is 0 Å². The molecule has 0 saturated heterocycles. The van der Waals surface area contributed by atoms with Crippen LogP contribution in [0, 0.1) is 5.41 Å². The summed E-state index contributed by atoms with van der Waals surface area (Å²) < 4.78 is 0. The molecule has 1 N–H and O–H groups in total. The number of nitrogens with one attached hydrogen (secondary N) is 1. The van der Waals surface area contributed by atoms with Gasteiger partial charge < -0.3 is 5.32 Å². The Hall–Kier alpha value is -1.34. The highest BCUT2D eigenvalue weighted by atomic mass is 15.0. The number of rotatable bonds is 5. The molecule has 1 fully saturated rings. The van der Waals surface area contributed by atoms with E-state index in [0.717, 1.165) is 19.0 Å². The van der Waals surface area contributed by atoms with Crippen molar-refractivity contribution in [2.24, 2.45) is 5.41 Å². The van der Waals surface area contributed by atoms with Crippen molar-refractivity contribution in [1.82, 2.24) is 5.32 Å². The van der Waals surface area contributed by atoms with E-state index in [-0.39, 0.29) is 0 Å². The van der Waals surface area contributed by atoms with Crippen LogP contribution in [-0.4, -0.2) is 12.6 Å². The molecular weight excluding hydrogens is 230 g/mol. The fourth-order valence-corrected chi connectivity index (χ4v) is 2.73. The first-order chi connectivity index (χ1) is 9.14. The lowest BCUT2D eigenvalue weighted by Crippen LogP contribution is -2.32. The second-order valence-corrected chi connectivity index (χ2v) is 6.63. The Labute approximate surface area is 116 Å². The number of fused-ring (bicyclic) bond motifs is 1. The zero-order valence-corrected chi connectivity index (χ0v) is 11.9. The maximum atomic E-state index is 3.67. The first-order valence-corrected chi connectivity index (χ1v) is 7.34. The van der Waals surface area contributed by atoms with Crippen LogP contribution in [0.4, 0.5) is 0 Å². The van der Waals surface area contributed by atoms with Gasteiger partial charge in [-0.2, -0.15) is 0 Å². The highest BCUT2D eigenvalue weighted by Crippen LogP contribution is 2.28. The Morgan fingerprint density at radius 2 is 1.79 bits per heavy atom. The molecule has 0 heterocycles. The Morgan fingerprint density at radius 1 is 1.05 bits per heavy atom. The van der Waals surface area contributed by atoms with Crippen LogP contribution in [0.1, 0.15) is 32.3 Å². The predicted molar refractivity (Wildman–Crippen MR) is 82.5 cm³/mol. The van der Waals surface area contributed by atoms with Gasteiger partial charge in [-0.05, 0) is 41.0 Å². The first kappa shape index (κ1) is 12.7. The van der Waals surface area contributed by atoms with Crippen molar-refractivity contribution in [3.05, 3.63) is 48.0 Å². The standard InChI is InChI=1S/C18H23N/c1-18(2,13-19-16-10-11-16)12-15-8-5-7-14-6-3-4-9-17(14)15/h3-9,16,19H,10-13H2,1-2H3. The third kappa shape index (κ3) is 3.16. The lowest BCUT2D eigenvalue weighted by atomic mass is 9.84. The van der Waals surface area contributed by atoms with Crippen LogP contribution >= 0.6 is 0 Å². The lowest BCUT2D eigenvalue weighted by molar-refractivity contribution is 0.338. The zero-order valence-electron chi connectivity index (χ0n) is 11.9. The van der Waals surface area contributed by atoms with E-state index in [4.69, 9.17) is 0 Å². The molecule has 1 heteroatoms. The number of benzene rings is 2. The van der Waals surface area contributed by atoms with Crippen LogP contribution in [0.25, 0.3) is 10.8 Å². The second-order valence-electron chi connectivity index (χ2n) is 6.63. The maximum absolute atomic E-state index is 3.67. The number of hydrogen-bond acceptors (Lipinski definition) is 1. The van der Waals surface area contributed by atoms with Crippen LogP contribution in [0.2, 0.25) is 0 Å². The van der Waals surface area contributed by atoms with Gasteiger partial charge in [0.05, 0.1) is 0 Å².